The third kappa shape index (κ3) is 5.28. The molecule has 0 heterocycles. The van der Waals surface area contributed by atoms with Crippen molar-refractivity contribution >= 4 is 21.8 Å². The van der Waals surface area contributed by atoms with E-state index in [1.54, 1.807) is 0 Å². The molecular formula is C17H26BrNO. The molecule has 20 heavy (non-hydrogen) atoms. The molecule has 1 rings (SSSR count). The first-order valence-electron chi connectivity index (χ1n) is 7.15. The van der Waals surface area contributed by atoms with Crippen molar-refractivity contribution in [1.82, 2.24) is 5.32 Å². The van der Waals surface area contributed by atoms with Gasteiger partial charge in [0, 0.05) is 11.4 Å². The molecule has 112 valence electrons. The Labute approximate surface area is 131 Å². The SMILES string of the molecule is Cc1ccc(CC(=O)NC(CCBr)C(C)(C)C)cc1C. The number of carbonyl (C=O) groups is 1. The van der Waals surface area contributed by atoms with Crippen molar-refractivity contribution in [2.45, 2.75) is 53.5 Å². The topological polar surface area (TPSA) is 29.1 Å². The highest BCUT2D eigenvalue weighted by molar-refractivity contribution is 9.09. The molecule has 0 bridgehead atoms. The predicted molar refractivity (Wildman–Crippen MR) is 89.4 cm³/mol. The molecule has 1 atom stereocenters. The summed E-state index contributed by atoms with van der Waals surface area (Å²) in [6.07, 6.45) is 1.40. The predicted octanol–water partition coefficient (Wildman–Crippen LogP) is 4.16. The van der Waals surface area contributed by atoms with E-state index in [1.165, 1.54) is 11.1 Å². The third-order valence-corrected chi connectivity index (χ3v) is 4.17. The molecule has 1 unspecified atom stereocenters. The van der Waals surface area contributed by atoms with Crippen molar-refractivity contribution in [3.05, 3.63) is 34.9 Å². The zero-order valence-corrected chi connectivity index (χ0v) is 14.8. The van der Waals surface area contributed by atoms with E-state index in [0.717, 1.165) is 17.3 Å². The van der Waals surface area contributed by atoms with Crippen LogP contribution in [0, 0.1) is 19.3 Å². The quantitative estimate of drug-likeness (QED) is 0.801. The number of halogens is 1. The van der Waals surface area contributed by atoms with Gasteiger partial charge in [0.05, 0.1) is 6.42 Å². The van der Waals surface area contributed by atoms with Crippen LogP contribution in [-0.2, 0) is 11.2 Å². The van der Waals surface area contributed by atoms with E-state index in [9.17, 15) is 4.79 Å². The normalized spacial score (nSPS) is 13.1. The lowest BCUT2D eigenvalue weighted by molar-refractivity contribution is -0.121. The second-order valence-corrected chi connectivity index (χ2v) is 7.35. The molecule has 0 aliphatic carbocycles. The Bertz CT molecular complexity index is 463. The van der Waals surface area contributed by atoms with E-state index in [1.807, 2.05) is 6.07 Å². The molecule has 0 radical (unpaired) electrons. The molecule has 1 N–H and O–H groups in total. The van der Waals surface area contributed by atoms with Gasteiger partial charge < -0.3 is 5.32 Å². The van der Waals surface area contributed by atoms with Crippen molar-refractivity contribution in [2.75, 3.05) is 5.33 Å². The molecule has 0 saturated heterocycles. The summed E-state index contributed by atoms with van der Waals surface area (Å²) in [6.45, 7) is 10.7. The second-order valence-electron chi connectivity index (χ2n) is 6.56. The Kier molecular flexibility index (Phi) is 6.25. The highest BCUT2D eigenvalue weighted by Crippen LogP contribution is 2.22. The van der Waals surface area contributed by atoms with Gasteiger partial charge in [0.2, 0.25) is 5.91 Å². The van der Waals surface area contributed by atoms with Crippen LogP contribution in [0.15, 0.2) is 18.2 Å². The Morgan fingerprint density at radius 1 is 1.25 bits per heavy atom. The molecule has 0 spiro atoms. The number of alkyl halides is 1. The molecule has 1 aromatic rings. The first kappa shape index (κ1) is 17.2. The monoisotopic (exact) mass is 339 g/mol. The minimum atomic E-state index is 0.0760. The number of hydrogen-bond acceptors (Lipinski definition) is 1. The summed E-state index contributed by atoms with van der Waals surface area (Å²) in [6, 6.07) is 6.42. The highest BCUT2D eigenvalue weighted by Gasteiger charge is 2.25. The van der Waals surface area contributed by atoms with Crippen LogP contribution in [0.4, 0.5) is 0 Å². The van der Waals surface area contributed by atoms with Crippen molar-refractivity contribution in [3.63, 3.8) is 0 Å². The van der Waals surface area contributed by atoms with Gasteiger partial charge in [-0.2, -0.15) is 0 Å². The van der Waals surface area contributed by atoms with Crippen molar-refractivity contribution in [3.8, 4) is 0 Å². The summed E-state index contributed by atoms with van der Waals surface area (Å²) < 4.78 is 0. The maximum atomic E-state index is 12.2. The zero-order chi connectivity index (χ0) is 15.3. The average molecular weight is 340 g/mol. The molecule has 0 fully saturated rings. The molecule has 0 aromatic heterocycles. The van der Waals surface area contributed by atoms with Crippen LogP contribution in [0.2, 0.25) is 0 Å². The van der Waals surface area contributed by atoms with Crippen LogP contribution in [0.3, 0.4) is 0 Å². The first-order valence-corrected chi connectivity index (χ1v) is 8.27. The fourth-order valence-corrected chi connectivity index (χ4v) is 2.63. The summed E-state index contributed by atoms with van der Waals surface area (Å²) >= 11 is 3.47. The Morgan fingerprint density at radius 2 is 1.90 bits per heavy atom. The van der Waals surface area contributed by atoms with Gasteiger partial charge in [0.1, 0.15) is 0 Å². The van der Waals surface area contributed by atoms with Gasteiger partial charge in [0.25, 0.3) is 0 Å². The number of hydrogen-bond donors (Lipinski definition) is 1. The standard InChI is InChI=1S/C17H26BrNO/c1-12-6-7-14(10-13(12)2)11-16(20)19-15(8-9-18)17(3,4)5/h6-7,10,15H,8-9,11H2,1-5H3,(H,19,20). The van der Waals surface area contributed by atoms with Crippen molar-refractivity contribution in [2.24, 2.45) is 5.41 Å². The van der Waals surface area contributed by atoms with Crippen LogP contribution in [0.25, 0.3) is 0 Å². The molecular weight excluding hydrogens is 314 g/mol. The van der Waals surface area contributed by atoms with Gasteiger partial charge in [-0.3, -0.25) is 4.79 Å². The van der Waals surface area contributed by atoms with Crippen LogP contribution in [0.1, 0.15) is 43.9 Å². The summed E-state index contributed by atoms with van der Waals surface area (Å²) in [5.74, 6) is 0.106. The van der Waals surface area contributed by atoms with Crippen molar-refractivity contribution in [1.29, 1.82) is 0 Å². The van der Waals surface area contributed by atoms with Crippen LogP contribution >= 0.6 is 15.9 Å². The lowest BCUT2D eigenvalue weighted by Crippen LogP contribution is -2.44. The number of carbonyl (C=O) groups excluding carboxylic acids is 1. The Hall–Kier alpha value is -0.830. The van der Waals surface area contributed by atoms with E-state index < -0.39 is 0 Å². The zero-order valence-electron chi connectivity index (χ0n) is 13.2. The summed E-state index contributed by atoms with van der Waals surface area (Å²) in [5.41, 5.74) is 3.66. The van der Waals surface area contributed by atoms with Gasteiger partial charge in [0.15, 0.2) is 0 Å². The smallest absolute Gasteiger partial charge is 0.224 e. The molecule has 1 aromatic carbocycles. The third-order valence-electron chi connectivity index (χ3n) is 3.71. The first-order chi connectivity index (χ1) is 9.24. The summed E-state index contributed by atoms with van der Waals surface area (Å²) in [7, 11) is 0. The summed E-state index contributed by atoms with van der Waals surface area (Å²) in [4.78, 5) is 12.2. The molecule has 0 aliphatic heterocycles. The number of amides is 1. The average Bonchev–Trinajstić information content (AvgIpc) is 2.32. The van der Waals surface area contributed by atoms with E-state index in [-0.39, 0.29) is 17.4 Å². The van der Waals surface area contributed by atoms with Gasteiger partial charge in [-0.1, -0.05) is 54.9 Å². The Morgan fingerprint density at radius 3 is 2.40 bits per heavy atom. The van der Waals surface area contributed by atoms with E-state index in [4.69, 9.17) is 0 Å². The Balaban J connectivity index is 2.68. The van der Waals surface area contributed by atoms with Gasteiger partial charge in [-0.05, 0) is 42.4 Å². The number of nitrogens with one attached hydrogen (secondary N) is 1. The molecule has 3 heteroatoms. The van der Waals surface area contributed by atoms with E-state index in [2.05, 4.69) is 68.0 Å². The largest absolute Gasteiger partial charge is 0.353 e. The lowest BCUT2D eigenvalue weighted by atomic mass is 9.85. The fourth-order valence-electron chi connectivity index (χ4n) is 2.18. The minimum Gasteiger partial charge on any atom is -0.353 e. The van der Waals surface area contributed by atoms with Crippen LogP contribution < -0.4 is 5.32 Å². The maximum absolute atomic E-state index is 12.2. The molecule has 0 saturated carbocycles. The number of rotatable bonds is 5. The molecule has 0 aliphatic rings. The lowest BCUT2D eigenvalue weighted by Gasteiger charge is -2.31. The van der Waals surface area contributed by atoms with Gasteiger partial charge in [-0.15, -0.1) is 0 Å². The van der Waals surface area contributed by atoms with Gasteiger partial charge in [-0.25, -0.2) is 0 Å². The summed E-state index contributed by atoms with van der Waals surface area (Å²) in [5, 5.41) is 4.07. The van der Waals surface area contributed by atoms with Crippen LogP contribution in [-0.4, -0.2) is 17.3 Å². The molecule has 2 nitrogen and oxygen atoms in total. The molecule has 1 amide bonds. The van der Waals surface area contributed by atoms with E-state index in [0.29, 0.717) is 6.42 Å². The number of benzene rings is 1. The van der Waals surface area contributed by atoms with Gasteiger partial charge >= 0.3 is 0 Å². The fraction of sp³-hybridized carbons (Fsp3) is 0.588. The maximum Gasteiger partial charge on any atom is 0.224 e. The van der Waals surface area contributed by atoms with Crippen molar-refractivity contribution < 1.29 is 4.79 Å². The van der Waals surface area contributed by atoms with Crippen LogP contribution in [0.5, 0.6) is 0 Å². The second kappa shape index (κ2) is 7.26. The minimum absolute atomic E-state index is 0.0760. The highest BCUT2D eigenvalue weighted by atomic mass is 79.9. The number of aryl methyl sites for hydroxylation is 2. The van der Waals surface area contributed by atoms with E-state index >= 15 is 0 Å².